The van der Waals surface area contributed by atoms with Gasteiger partial charge in [-0.05, 0) is 25.0 Å². The Kier molecular flexibility index (Phi) is 4.08. The van der Waals surface area contributed by atoms with E-state index in [9.17, 15) is 4.79 Å². The van der Waals surface area contributed by atoms with Crippen LogP contribution in [0.25, 0.3) is 0 Å². The SMILES string of the molecule is O=C(CCSc1ccccc1)N1CC(n2cc(C3CC3)nn2)C1. The summed E-state index contributed by atoms with van der Waals surface area (Å²) in [6, 6.07) is 10.5. The second kappa shape index (κ2) is 6.35. The average Bonchev–Trinajstić information content (AvgIpc) is 3.26. The van der Waals surface area contributed by atoms with Gasteiger partial charge in [-0.25, -0.2) is 4.68 Å². The summed E-state index contributed by atoms with van der Waals surface area (Å²) in [5.74, 6) is 1.71. The van der Waals surface area contributed by atoms with Gasteiger partial charge in [0.1, 0.15) is 0 Å². The number of amides is 1. The van der Waals surface area contributed by atoms with Crippen molar-refractivity contribution in [3.05, 3.63) is 42.2 Å². The van der Waals surface area contributed by atoms with Crippen molar-refractivity contribution in [1.82, 2.24) is 19.9 Å². The van der Waals surface area contributed by atoms with Gasteiger partial charge < -0.3 is 4.90 Å². The number of carbonyl (C=O) groups is 1. The molecule has 120 valence electrons. The highest BCUT2D eigenvalue weighted by molar-refractivity contribution is 7.99. The zero-order valence-corrected chi connectivity index (χ0v) is 13.8. The van der Waals surface area contributed by atoms with Crippen LogP contribution in [0.3, 0.4) is 0 Å². The maximum absolute atomic E-state index is 12.2. The van der Waals surface area contributed by atoms with Crippen LogP contribution in [0.2, 0.25) is 0 Å². The van der Waals surface area contributed by atoms with E-state index in [1.807, 2.05) is 27.8 Å². The molecule has 1 aromatic carbocycles. The van der Waals surface area contributed by atoms with Crippen molar-refractivity contribution in [3.8, 4) is 0 Å². The number of hydrogen-bond donors (Lipinski definition) is 0. The van der Waals surface area contributed by atoms with Gasteiger partial charge in [0.2, 0.25) is 5.91 Å². The van der Waals surface area contributed by atoms with Crippen LogP contribution < -0.4 is 0 Å². The molecule has 2 fully saturated rings. The molecule has 1 aliphatic carbocycles. The van der Waals surface area contributed by atoms with E-state index in [1.165, 1.54) is 17.7 Å². The van der Waals surface area contributed by atoms with E-state index < -0.39 is 0 Å². The molecule has 1 aromatic heterocycles. The normalized spacial score (nSPS) is 18.0. The van der Waals surface area contributed by atoms with Gasteiger partial charge in [0, 0.05) is 42.3 Å². The van der Waals surface area contributed by atoms with Crippen LogP contribution in [0.1, 0.15) is 36.9 Å². The Bertz CT molecular complexity index is 677. The Morgan fingerprint density at radius 2 is 2.00 bits per heavy atom. The van der Waals surface area contributed by atoms with Gasteiger partial charge in [-0.2, -0.15) is 0 Å². The molecule has 0 atom stereocenters. The van der Waals surface area contributed by atoms with Crippen LogP contribution in [0.4, 0.5) is 0 Å². The quantitative estimate of drug-likeness (QED) is 0.765. The first-order chi connectivity index (χ1) is 11.3. The number of carbonyl (C=O) groups excluding carboxylic acids is 1. The highest BCUT2D eigenvalue weighted by Gasteiger charge is 2.34. The maximum atomic E-state index is 12.2. The highest BCUT2D eigenvalue weighted by Crippen LogP contribution is 2.39. The lowest BCUT2D eigenvalue weighted by molar-refractivity contribution is -0.136. The fourth-order valence-corrected chi connectivity index (χ4v) is 3.65. The fourth-order valence-electron chi connectivity index (χ4n) is 2.79. The first-order valence-electron chi connectivity index (χ1n) is 8.17. The summed E-state index contributed by atoms with van der Waals surface area (Å²) in [6.45, 7) is 1.53. The van der Waals surface area contributed by atoms with E-state index in [1.54, 1.807) is 11.8 Å². The second-order valence-corrected chi connectivity index (χ2v) is 7.43. The molecule has 1 amide bonds. The third-order valence-electron chi connectivity index (χ3n) is 4.44. The molecule has 2 aromatic rings. The molecule has 1 saturated heterocycles. The van der Waals surface area contributed by atoms with Crippen LogP contribution >= 0.6 is 11.8 Å². The molecular formula is C17H20N4OS. The first-order valence-corrected chi connectivity index (χ1v) is 9.15. The van der Waals surface area contributed by atoms with Crippen LogP contribution in [-0.2, 0) is 4.79 Å². The molecule has 2 aliphatic rings. The molecule has 23 heavy (non-hydrogen) atoms. The summed E-state index contributed by atoms with van der Waals surface area (Å²) in [4.78, 5) is 15.3. The topological polar surface area (TPSA) is 51.0 Å². The predicted molar refractivity (Wildman–Crippen MR) is 89.4 cm³/mol. The number of rotatable bonds is 6. The standard InChI is InChI=1S/C17H20N4OS/c22-17(8-9-23-15-4-2-1-3-5-15)20-10-14(11-20)21-12-16(18-19-21)13-6-7-13/h1-5,12-14H,6-11H2. The van der Waals surface area contributed by atoms with Crippen LogP contribution in [0.5, 0.6) is 0 Å². The van der Waals surface area contributed by atoms with Crippen LogP contribution in [-0.4, -0.2) is 44.6 Å². The van der Waals surface area contributed by atoms with E-state index in [-0.39, 0.29) is 5.91 Å². The smallest absolute Gasteiger partial charge is 0.223 e. The fraction of sp³-hybridized carbons (Fsp3) is 0.471. The lowest BCUT2D eigenvalue weighted by Crippen LogP contribution is -2.51. The van der Waals surface area contributed by atoms with E-state index >= 15 is 0 Å². The number of likely N-dealkylation sites (tertiary alicyclic amines) is 1. The molecule has 6 heteroatoms. The number of hydrogen-bond acceptors (Lipinski definition) is 4. The zero-order valence-electron chi connectivity index (χ0n) is 13.0. The summed E-state index contributed by atoms with van der Waals surface area (Å²) in [5, 5.41) is 8.46. The van der Waals surface area contributed by atoms with Crippen LogP contribution in [0, 0.1) is 0 Å². The first kappa shape index (κ1) is 14.8. The predicted octanol–water partition coefficient (Wildman–Crippen LogP) is 2.72. The maximum Gasteiger partial charge on any atom is 0.223 e. The summed E-state index contributed by atoms with van der Waals surface area (Å²) in [5.41, 5.74) is 1.12. The molecule has 0 radical (unpaired) electrons. The Balaban J connectivity index is 1.20. The van der Waals surface area contributed by atoms with Gasteiger partial charge in [-0.15, -0.1) is 16.9 Å². The van der Waals surface area contributed by atoms with Gasteiger partial charge in [0.15, 0.2) is 0 Å². The van der Waals surface area contributed by atoms with Gasteiger partial charge in [0.25, 0.3) is 0 Å². The van der Waals surface area contributed by atoms with Gasteiger partial charge in [-0.1, -0.05) is 23.4 Å². The minimum atomic E-state index is 0.243. The molecule has 2 heterocycles. The molecule has 0 spiro atoms. The van der Waals surface area contributed by atoms with Crippen molar-refractivity contribution >= 4 is 17.7 Å². The third kappa shape index (κ3) is 3.42. The Labute approximate surface area is 140 Å². The molecule has 0 unspecified atom stereocenters. The molecule has 0 N–H and O–H groups in total. The van der Waals surface area contributed by atoms with Crippen molar-refractivity contribution < 1.29 is 4.79 Å². The van der Waals surface area contributed by atoms with Crippen LogP contribution in [0.15, 0.2) is 41.4 Å². The van der Waals surface area contributed by atoms with Crippen molar-refractivity contribution in [1.29, 1.82) is 0 Å². The number of aromatic nitrogens is 3. The lowest BCUT2D eigenvalue weighted by Gasteiger charge is -2.38. The van der Waals surface area contributed by atoms with Gasteiger partial charge in [0.05, 0.1) is 11.7 Å². The summed E-state index contributed by atoms with van der Waals surface area (Å²) < 4.78 is 1.94. The van der Waals surface area contributed by atoms with Gasteiger partial charge >= 0.3 is 0 Å². The van der Waals surface area contributed by atoms with Crippen molar-refractivity contribution in [2.24, 2.45) is 0 Å². The van der Waals surface area contributed by atoms with Gasteiger partial charge in [-0.3, -0.25) is 4.79 Å². The van der Waals surface area contributed by atoms with Crippen molar-refractivity contribution in [2.45, 2.75) is 36.1 Å². The molecule has 0 bridgehead atoms. The number of benzene rings is 1. The summed E-state index contributed by atoms with van der Waals surface area (Å²) >= 11 is 1.74. The number of thioether (sulfide) groups is 1. The molecule has 1 aliphatic heterocycles. The molecule has 5 nitrogen and oxygen atoms in total. The van der Waals surface area contributed by atoms with E-state index in [2.05, 4.69) is 28.6 Å². The summed E-state index contributed by atoms with van der Waals surface area (Å²) in [7, 11) is 0. The zero-order chi connectivity index (χ0) is 15.6. The second-order valence-electron chi connectivity index (χ2n) is 6.26. The monoisotopic (exact) mass is 328 g/mol. The number of nitrogens with zero attached hydrogens (tertiary/aromatic N) is 4. The Morgan fingerprint density at radius 3 is 2.74 bits per heavy atom. The minimum absolute atomic E-state index is 0.243. The van der Waals surface area contributed by atoms with E-state index in [0.29, 0.717) is 18.4 Å². The van der Waals surface area contributed by atoms with Crippen molar-refractivity contribution in [2.75, 3.05) is 18.8 Å². The Hall–Kier alpha value is -1.82. The third-order valence-corrected chi connectivity index (χ3v) is 5.45. The van der Waals surface area contributed by atoms with E-state index in [4.69, 9.17) is 0 Å². The average molecular weight is 328 g/mol. The highest BCUT2D eigenvalue weighted by atomic mass is 32.2. The largest absolute Gasteiger partial charge is 0.338 e. The molecule has 1 saturated carbocycles. The summed E-state index contributed by atoms with van der Waals surface area (Å²) in [6.07, 6.45) is 5.15. The van der Waals surface area contributed by atoms with E-state index in [0.717, 1.165) is 24.5 Å². The van der Waals surface area contributed by atoms with Crippen molar-refractivity contribution in [3.63, 3.8) is 0 Å². The minimum Gasteiger partial charge on any atom is -0.338 e. The lowest BCUT2D eigenvalue weighted by atomic mass is 10.1. The molecule has 4 rings (SSSR count). The Morgan fingerprint density at radius 1 is 1.22 bits per heavy atom. The molecular weight excluding hydrogens is 308 g/mol.